The van der Waals surface area contributed by atoms with Crippen molar-refractivity contribution in [2.45, 2.75) is 17.7 Å². The predicted octanol–water partition coefficient (Wildman–Crippen LogP) is 3.71. The molecule has 0 bridgehead atoms. The topological polar surface area (TPSA) is 0 Å². The second kappa shape index (κ2) is 6.39. The van der Waals surface area contributed by atoms with Gasteiger partial charge in [-0.15, -0.1) is 6.58 Å². The summed E-state index contributed by atoms with van der Waals surface area (Å²) in [6, 6.07) is 10.2. The highest BCUT2D eigenvalue weighted by Gasteiger charge is 1.85. The molecule has 0 aliphatic heterocycles. The lowest BCUT2D eigenvalue weighted by Gasteiger charge is -1.89. The minimum atomic E-state index is 0.906. The van der Waals surface area contributed by atoms with Gasteiger partial charge in [-0.3, -0.25) is 0 Å². The van der Waals surface area contributed by atoms with E-state index in [2.05, 4.69) is 29.9 Å². The minimum absolute atomic E-state index is 0.906. The van der Waals surface area contributed by atoms with Gasteiger partial charge < -0.3 is 0 Å². The van der Waals surface area contributed by atoms with Gasteiger partial charge in [0.05, 0.1) is 0 Å². The summed E-state index contributed by atoms with van der Waals surface area (Å²) in [5, 5.41) is 3.06. The van der Waals surface area contributed by atoms with Crippen molar-refractivity contribution >= 4 is 11.8 Å². The number of rotatable bonds is 3. The smallest absolute Gasteiger partial charge is 0.0203 e. The van der Waals surface area contributed by atoms with Gasteiger partial charge in [-0.2, -0.15) is 0 Å². The molecule has 0 heterocycles. The maximum atomic E-state index is 3.64. The summed E-state index contributed by atoms with van der Waals surface area (Å²) in [6.45, 7) is 3.64. The third-order valence-corrected chi connectivity index (χ3v) is 2.21. The number of unbranched alkanes of at least 4 members (excludes halogenated alkanes) is 1. The lowest BCUT2D eigenvalue weighted by molar-refractivity contribution is 1.09. The maximum Gasteiger partial charge on any atom is 0.0203 e. The van der Waals surface area contributed by atoms with Crippen molar-refractivity contribution in [1.82, 2.24) is 0 Å². The Hall–Kier alpha value is -1.13. The van der Waals surface area contributed by atoms with Crippen LogP contribution in [0.2, 0.25) is 0 Å². The van der Waals surface area contributed by atoms with Crippen molar-refractivity contribution in [2.24, 2.45) is 0 Å². The first-order valence-corrected chi connectivity index (χ1v) is 5.06. The number of thioether (sulfide) groups is 1. The summed E-state index contributed by atoms with van der Waals surface area (Å²) in [5.74, 6) is 3.08. The van der Waals surface area contributed by atoms with E-state index in [0.717, 1.165) is 12.8 Å². The average Bonchev–Trinajstić information content (AvgIpc) is 2.19. The average molecular weight is 188 g/mol. The zero-order valence-corrected chi connectivity index (χ0v) is 8.31. The summed E-state index contributed by atoms with van der Waals surface area (Å²) in [5.41, 5.74) is 0. The molecule has 1 aromatic carbocycles. The Kier molecular flexibility index (Phi) is 4.90. The molecule has 1 rings (SSSR count). The normalized spacial score (nSPS) is 8.62. The van der Waals surface area contributed by atoms with Crippen LogP contribution in [0.1, 0.15) is 12.8 Å². The van der Waals surface area contributed by atoms with Crippen LogP contribution < -0.4 is 0 Å². The Balaban J connectivity index is 2.33. The van der Waals surface area contributed by atoms with Crippen LogP contribution in [-0.2, 0) is 0 Å². The lowest BCUT2D eigenvalue weighted by Crippen LogP contribution is -1.65. The van der Waals surface area contributed by atoms with E-state index in [0.29, 0.717) is 0 Å². The van der Waals surface area contributed by atoms with Gasteiger partial charge in [-0.1, -0.05) is 30.2 Å². The Morgan fingerprint density at radius 1 is 1.31 bits per heavy atom. The van der Waals surface area contributed by atoms with Gasteiger partial charge in [0.15, 0.2) is 0 Å². The molecule has 0 fully saturated rings. The fourth-order valence-electron chi connectivity index (χ4n) is 0.809. The van der Waals surface area contributed by atoms with E-state index in [1.54, 1.807) is 11.8 Å². The number of benzene rings is 1. The third kappa shape index (κ3) is 4.45. The van der Waals surface area contributed by atoms with E-state index in [4.69, 9.17) is 0 Å². The summed E-state index contributed by atoms with van der Waals surface area (Å²) < 4.78 is 0. The molecule has 0 saturated heterocycles. The van der Waals surface area contributed by atoms with Crippen LogP contribution >= 0.6 is 11.8 Å². The molecule has 13 heavy (non-hydrogen) atoms. The van der Waals surface area contributed by atoms with Crippen LogP contribution in [-0.4, -0.2) is 0 Å². The molecule has 0 saturated carbocycles. The molecular formula is C12H12S. The number of hydrogen-bond acceptors (Lipinski definition) is 1. The second-order valence-corrected chi connectivity index (χ2v) is 3.40. The van der Waals surface area contributed by atoms with Gasteiger partial charge in [-0.25, -0.2) is 0 Å². The van der Waals surface area contributed by atoms with E-state index >= 15 is 0 Å². The fraction of sp³-hybridized carbons (Fsp3) is 0.167. The Morgan fingerprint density at radius 2 is 2.08 bits per heavy atom. The van der Waals surface area contributed by atoms with Gasteiger partial charge >= 0.3 is 0 Å². The molecule has 0 aliphatic carbocycles. The number of allylic oxidation sites excluding steroid dienone is 1. The zero-order valence-electron chi connectivity index (χ0n) is 7.49. The Bertz CT molecular complexity index is 303. The van der Waals surface area contributed by atoms with E-state index in [-0.39, 0.29) is 0 Å². The molecule has 0 radical (unpaired) electrons. The van der Waals surface area contributed by atoms with Gasteiger partial charge in [0, 0.05) is 11.3 Å². The molecule has 0 aromatic heterocycles. The van der Waals surface area contributed by atoms with Crippen molar-refractivity contribution in [2.75, 3.05) is 0 Å². The molecule has 1 heteroatoms. The second-order valence-electron chi connectivity index (χ2n) is 2.52. The molecule has 0 unspecified atom stereocenters. The summed E-state index contributed by atoms with van der Waals surface area (Å²) in [4.78, 5) is 1.20. The van der Waals surface area contributed by atoms with Gasteiger partial charge in [0.25, 0.3) is 0 Å². The largest absolute Gasteiger partial charge is 0.103 e. The Morgan fingerprint density at radius 3 is 2.77 bits per heavy atom. The molecule has 1 aromatic rings. The van der Waals surface area contributed by atoms with E-state index < -0.39 is 0 Å². The molecular weight excluding hydrogens is 176 g/mol. The first-order valence-electron chi connectivity index (χ1n) is 4.24. The molecule has 66 valence electrons. The maximum absolute atomic E-state index is 3.64. The van der Waals surface area contributed by atoms with Crippen molar-refractivity contribution in [3.8, 4) is 11.2 Å². The van der Waals surface area contributed by atoms with Crippen LogP contribution in [0.15, 0.2) is 47.9 Å². The summed E-state index contributed by atoms with van der Waals surface area (Å²) in [6.07, 6.45) is 3.77. The lowest BCUT2D eigenvalue weighted by atomic mass is 10.3. The van der Waals surface area contributed by atoms with Crippen LogP contribution in [0.25, 0.3) is 0 Å². The third-order valence-electron chi connectivity index (χ3n) is 1.46. The first kappa shape index (κ1) is 9.95. The summed E-state index contributed by atoms with van der Waals surface area (Å²) >= 11 is 1.58. The highest BCUT2D eigenvalue weighted by atomic mass is 32.2. The van der Waals surface area contributed by atoms with Crippen LogP contribution in [0, 0.1) is 11.2 Å². The molecule has 0 N–H and O–H groups in total. The molecule has 0 atom stereocenters. The van der Waals surface area contributed by atoms with Crippen LogP contribution in [0.4, 0.5) is 0 Å². The standard InChI is InChI=1S/C12H12S/c1-2-3-4-8-11-13-12-9-6-5-7-10-12/h2,5-7,9-10H,1,3-4H2. The van der Waals surface area contributed by atoms with Crippen molar-refractivity contribution in [1.29, 1.82) is 0 Å². The van der Waals surface area contributed by atoms with Crippen LogP contribution in [0.5, 0.6) is 0 Å². The van der Waals surface area contributed by atoms with Gasteiger partial charge in [-0.05, 0) is 35.6 Å². The fourth-order valence-corrected chi connectivity index (χ4v) is 1.39. The van der Waals surface area contributed by atoms with Crippen molar-refractivity contribution in [3.05, 3.63) is 43.0 Å². The molecule has 0 spiro atoms. The summed E-state index contributed by atoms with van der Waals surface area (Å²) in [7, 11) is 0. The minimum Gasteiger partial charge on any atom is -0.103 e. The monoisotopic (exact) mass is 188 g/mol. The van der Waals surface area contributed by atoms with Gasteiger partial charge in [0.1, 0.15) is 0 Å². The highest BCUT2D eigenvalue weighted by molar-refractivity contribution is 8.03. The highest BCUT2D eigenvalue weighted by Crippen LogP contribution is 2.14. The number of hydrogen-bond donors (Lipinski definition) is 0. The SMILES string of the molecule is C=CCCC#CSc1ccccc1. The van der Waals surface area contributed by atoms with Crippen molar-refractivity contribution < 1.29 is 0 Å². The molecule has 0 aliphatic rings. The Labute approximate surface area is 84.1 Å². The van der Waals surface area contributed by atoms with Crippen LogP contribution in [0.3, 0.4) is 0 Å². The zero-order chi connectivity index (χ0) is 9.36. The molecule has 0 nitrogen and oxygen atoms in total. The van der Waals surface area contributed by atoms with E-state index in [9.17, 15) is 0 Å². The quantitative estimate of drug-likeness (QED) is 0.301. The van der Waals surface area contributed by atoms with E-state index in [1.807, 2.05) is 24.3 Å². The first-order chi connectivity index (χ1) is 6.43. The molecule has 0 amide bonds. The van der Waals surface area contributed by atoms with Crippen molar-refractivity contribution in [3.63, 3.8) is 0 Å². The van der Waals surface area contributed by atoms with Gasteiger partial charge in [0.2, 0.25) is 0 Å². The van der Waals surface area contributed by atoms with E-state index in [1.165, 1.54) is 4.90 Å². The predicted molar refractivity (Wildman–Crippen MR) is 59.5 cm³/mol.